The van der Waals surface area contributed by atoms with Gasteiger partial charge in [0.15, 0.2) is 0 Å². The lowest BCUT2D eigenvalue weighted by Gasteiger charge is -2.11. The molecule has 2 rings (SSSR count). The van der Waals surface area contributed by atoms with Crippen LogP contribution < -0.4 is 11.1 Å². The summed E-state index contributed by atoms with van der Waals surface area (Å²) >= 11 is 1.88. The van der Waals surface area contributed by atoms with Gasteiger partial charge in [-0.1, -0.05) is 6.07 Å². The summed E-state index contributed by atoms with van der Waals surface area (Å²) in [6, 6.07) is 8.66. The van der Waals surface area contributed by atoms with E-state index in [0.29, 0.717) is 20.6 Å². The van der Waals surface area contributed by atoms with E-state index in [4.69, 9.17) is 5.73 Å². The predicted octanol–water partition coefficient (Wildman–Crippen LogP) is 3.90. The summed E-state index contributed by atoms with van der Waals surface area (Å²) in [6.45, 7) is 0. The summed E-state index contributed by atoms with van der Waals surface area (Å²) < 4.78 is 26.8. The van der Waals surface area contributed by atoms with Crippen LogP contribution in [0.1, 0.15) is 0 Å². The monoisotopic (exact) mass is 346 g/mol. The highest BCUT2D eigenvalue weighted by Crippen LogP contribution is 2.28. The van der Waals surface area contributed by atoms with Crippen molar-refractivity contribution in [2.75, 3.05) is 11.1 Å². The highest BCUT2D eigenvalue weighted by atomic mass is 127. The van der Waals surface area contributed by atoms with Gasteiger partial charge >= 0.3 is 0 Å². The predicted molar refractivity (Wildman–Crippen MR) is 73.2 cm³/mol. The molecule has 2 aromatic carbocycles. The van der Waals surface area contributed by atoms with Gasteiger partial charge in [-0.25, -0.2) is 8.78 Å². The Morgan fingerprint density at radius 1 is 1.06 bits per heavy atom. The highest BCUT2D eigenvalue weighted by molar-refractivity contribution is 14.1. The van der Waals surface area contributed by atoms with E-state index in [1.165, 1.54) is 24.3 Å². The van der Waals surface area contributed by atoms with Crippen LogP contribution in [-0.2, 0) is 0 Å². The highest BCUT2D eigenvalue weighted by Gasteiger charge is 2.07. The summed E-state index contributed by atoms with van der Waals surface area (Å²) in [7, 11) is 0. The molecule has 0 fully saturated rings. The second-order valence-corrected chi connectivity index (χ2v) is 4.54. The van der Waals surface area contributed by atoms with Crippen molar-refractivity contribution in [3.05, 3.63) is 51.6 Å². The van der Waals surface area contributed by atoms with Gasteiger partial charge in [-0.3, -0.25) is 0 Å². The minimum Gasteiger partial charge on any atom is -0.397 e. The van der Waals surface area contributed by atoms with E-state index in [1.54, 1.807) is 12.1 Å². The summed E-state index contributed by atoms with van der Waals surface area (Å²) in [5.41, 5.74) is 7.09. The molecule has 0 saturated heterocycles. The minimum absolute atomic E-state index is 0.328. The third-order valence-electron chi connectivity index (χ3n) is 2.24. The SMILES string of the molecule is Nc1ccc(F)cc1Nc1cccc(F)c1I. The van der Waals surface area contributed by atoms with Gasteiger partial charge in [-0.2, -0.15) is 0 Å². The number of nitrogen functional groups attached to an aromatic ring is 1. The number of halogens is 3. The maximum absolute atomic E-state index is 13.3. The first-order chi connectivity index (χ1) is 8.08. The Bertz CT molecular complexity index is 558. The molecule has 17 heavy (non-hydrogen) atoms. The van der Waals surface area contributed by atoms with Gasteiger partial charge in [0.2, 0.25) is 0 Å². The molecule has 0 aliphatic heterocycles. The quantitative estimate of drug-likeness (QED) is 0.640. The molecule has 5 heteroatoms. The molecule has 0 bridgehead atoms. The molecular formula is C12H9F2IN2. The first-order valence-electron chi connectivity index (χ1n) is 4.84. The zero-order valence-electron chi connectivity index (χ0n) is 8.68. The van der Waals surface area contributed by atoms with Gasteiger partial charge in [0.05, 0.1) is 20.6 Å². The third-order valence-corrected chi connectivity index (χ3v) is 3.33. The van der Waals surface area contributed by atoms with Crippen LogP contribution in [0.2, 0.25) is 0 Å². The molecular weight excluding hydrogens is 337 g/mol. The Kier molecular flexibility index (Phi) is 3.46. The van der Waals surface area contributed by atoms with Crippen molar-refractivity contribution >= 4 is 39.7 Å². The molecule has 0 aliphatic rings. The van der Waals surface area contributed by atoms with Gasteiger partial charge in [0, 0.05) is 0 Å². The first-order valence-corrected chi connectivity index (χ1v) is 5.92. The zero-order valence-corrected chi connectivity index (χ0v) is 10.8. The van der Waals surface area contributed by atoms with E-state index in [2.05, 4.69) is 5.32 Å². The van der Waals surface area contributed by atoms with Crippen molar-refractivity contribution < 1.29 is 8.78 Å². The van der Waals surface area contributed by atoms with E-state index in [9.17, 15) is 8.78 Å². The Labute approximate surface area is 111 Å². The Balaban J connectivity index is 2.38. The summed E-state index contributed by atoms with van der Waals surface area (Å²) in [6.07, 6.45) is 0. The van der Waals surface area contributed by atoms with E-state index >= 15 is 0 Å². The van der Waals surface area contributed by atoms with Crippen LogP contribution >= 0.6 is 22.6 Å². The number of hydrogen-bond donors (Lipinski definition) is 2. The molecule has 0 radical (unpaired) electrons. The van der Waals surface area contributed by atoms with Crippen molar-refractivity contribution in [1.29, 1.82) is 0 Å². The lowest BCUT2D eigenvalue weighted by molar-refractivity contribution is 0.621. The van der Waals surface area contributed by atoms with Crippen molar-refractivity contribution in [2.24, 2.45) is 0 Å². The smallest absolute Gasteiger partial charge is 0.138 e. The number of benzene rings is 2. The molecule has 0 aliphatic carbocycles. The molecule has 0 spiro atoms. The number of hydrogen-bond acceptors (Lipinski definition) is 2. The fourth-order valence-electron chi connectivity index (χ4n) is 1.38. The van der Waals surface area contributed by atoms with Gasteiger partial charge in [0.1, 0.15) is 11.6 Å². The molecule has 2 aromatic rings. The Morgan fingerprint density at radius 2 is 1.82 bits per heavy atom. The molecule has 3 N–H and O–H groups in total. The second-order valence-electron chi connectivity index (χ2n) is 3.46. The van der Waals surface area contributed by atoms with Gasteiger partial charge in [0.25, 0.3) is 0 Å². The topological polar surface area (TPSA) is 38.0 Å². The molecule has 2 nitrogen and oxygen atoms in total. The molecule has 88 valence electrons. The minimum atomic E-state index is -0.395. The Morgan fingerprint density at radius 3 is 2.59 bits per heavy atom. The number of nitrogens with one attached hydrogen (secondary N) is 1. The molecule has 0 heterocycles. The van der Waals surface area contributed by atoms with Crippen molar-refractivity contribution in [1.82, 2.24) is 0 Å². The first kappa shape index (κ1) is 12.1. The second kappa shape index (κ2) is 4.87. The van der Waals surface area contributed by atoms with E-state index in [0.717, 1.165) is 0 Å². The molecule has 0 unspecified atom stereocenters. The maximum atomic E-state index is 13.3. The standard InChI is InChI=1S/C12H9F2IN2/c13-7-4-5-9(16)11(6-7)17-10-3-1-2-8(14)12(10)15/h1-6,17H,16H2. The van der Waals surface area contributed by atoms with Crippen molar-refractivity contribution in [3.63, 3.8) is 0 Å². The van der Waals surface area contributed by atoms with Crippen molar-refractivity contribution in [2.45, 2.75) is 0 Å². The van der Waals surface area contributed by atoms with Crippen LogP contribution in [0.5, 0.6) is 0 Å². The Hall–Kier alpha value is -1.37. The van der Waals surface area contributed by atoms with Crippen molar-refractivity contribution in [3.8, 4) is 0 Å². The maximum Gasteiger partial charge on any atom is 0.138 e. The zero-order chi connectivity index (χ0) is 12.4. The van der Waals surface area contributed by atoms with Gasteiger partial charge in [-0.15, -0.1) is 0 Å². The molecule has 0 amide bonds. The summed E-state index contributed by atoms with van der Waals surface area (Å²) in [5, 5.41) is 2.91. The molecule has 0 saturated carbocycles. The van der Waals surface area contributed by atoms with Gasteiger partial charge in [-0.05, 0) is 52.9 Å². The van der Waals surface area contributed by atoms with Crippen LogP contribution in [0, 0.1) is 15.2 Å². The van der Waals surface area contributed by atoms with E-state index < -0.39 is 5.82 Å². The van der Waals surface area contributed by atoms with Crippen LogP contribution in [-0.4, -0.2) is 0 Å². The molecule has 0 aromatic heterocycles. The number of nitrogens with two attached hydrogens (primary N) is 1. The fraction of sp³-hybridized carbons (Fsp3) is 0. The average Bonchev–Trinajstić information content (AvgIpc) is 2.30. The average molecular weight is 346 g/mol. The largest absolute Gasteiger partial charge is 0.397 e. The number of anilines is 3. The lowest BCUT2D eigenvalue weighted by atomic mass is 10.2. The molecule has 0 atom stereocenters. The normalized spacial score (nSPS) is 10.3. The third kappa shape index (κ3) is 2.66. The van der Waals surface area contributed by atoms with E-state index in [-0.39, 0.29) is 5.82 Å². The lowest BCUT2D eigenvalue weighted by Crippen LogP contribution is -1.99. The van der Waals surface area contributed by atoms with Crippen LogP contribution in [0.4, 0.5) is 25.8 Å². The van der Waals surface area contributed by atoms with Crippen LogP contribution in [0.15, 0.2) is 36.4 Å². The number of rotatable bonds is 2. The van der Waals surface area contributed by atoms with Crippen LogP contribution in [0.3, 0.4) is 0 Å². The van der Waals surface area contributed by atoms with E-state index in [1.807, 2.05) is 22.6 Å². The fourth-order valence-corrected chi connectivity index (χ4v) is 1.88. The van der Waals surface area contributed by atoms with Crippen LogP contribution in [0.25, 0.3) is 0 Å². The summed E-state index contributed by atoms with van der Waals surface area (Å²) in [4.78, 5) is 0. The van der Waals surface area contributed by atoms with Gasteiger partial charge < -0.3 is 11.1 Å². The summed E-state index contributed by atoms with van der Waals surface area (Å²) in [5.74, 6) is -0.723.